The van der Waals surface area contributed by atoms with E-state index in [-0.39, 0.29) is 11.9 Å². The molecule has 1 heterocycles. The van der Waals surface area contributed by atoms with Crippen molar-refractivity contribution >= 4 is 5.91 Å². The molecule has 1 amide bonds. The van der Waals surface area contributed by atoms with Crippen molar-refractivity contribution < 1.29 is 4.79 Å². The first-order chi connectivity index (χ1) is 10.2. The third kappa shape index (κ3) is 4.81. The van der Waals surface area contributed by atoms with Gasteiger partial charge in [-0.05, 0) is 5.56 Å². The number of amides is 1. The maximum atomic E-state index is 11.5. The smallest absolute Gasteiger partial charge is 0.221 e. The van der Waals surface area contributed by atoms with Gasteiger partial charge in [0.05, 0.1) is 0 Å². The van der Waals surface area contributed by atoms with Crippen LogP contribution in [-0.2, 0) is 11.3 Å². The molecule has 5 heteroatoms. The van der Waals surface area contributed by atoms with Crippen LogP contribution < -0.4 is 11.1 Å². The molecule has 0 saturated carbocycles. The summed E-state index contributed by atoms with van der Waals surface area (Å²) >= 11 is 0. The second-order valence-electron chi connectivity index (χ2n) is 5.56. The molecule has 3 N–H and O–H groups in total. The average Bonchev–Trinajstić information content (AvgIpc) is 2.54. The van der Waals surface area contributed by atoms with Crippen molar-refractivity contribution in [3.05, 3.63) is 35.9 Å². The molecule has 1 aromatic rings. The van der Waals surface area contributed by atoms with Gasteiger partial charge >= 0.3 is 0 Å². The molecule has 0 bridgehead atoms. The summed E-state index contributed by atoms with van der Waals surface area (Å²) in [5.74, 6) is 0.0668. The van der Waals surface area contributed by atoms with Crippen LogP contribution >= 0.6 is 0 Å². The minimum atomic E-state index is 0.0668. The van der Waals surface area contributed by atoms with Gasteiger partial charge in [-0.15, -0.1) is 0 Å². The third-order valence-corrected chi connectivity index (χ3v) is 4.14. The normalized spacial score (nSPS) is 18.4. The molecule has 0 spiro atoms. The Morgan fingerprint density at radius 3 is 2.48 bits per heavy atom. The Hall–Kier alpha value is -1.43. The van der Waals surface area contributed by atoms with Crippen LogP contribution in [0.25, 0.3) is 0 Å². The summed E-state index contributed by atoms with van der Waals surface area (Å²) in [6.07, 6.45) is 0.492. The number of benzene rings is 1. The highest BCUT2D eigenvalue weighted by Crippen LogP contribution is 2.12. The van der Waals surface area contributed by atoms with Gasteiger partial charge in [-0.1, -0.05) is 30.3 Å². The molecule has 1 aromatic carbocycles. The van der Waals surface area contributed by atoms with Gasteiger partial charge in [0, 0.05) is 58.8 Å². The van der Waals surface area contributed by atoms with Gasteiger partial charge in [0.25, 0.3) is 0 Å². The van der Waals surface area contributed by atoms with E-state index in [9.17, 15) is 4.79 Å². The van der Waals surface area contributed by atoms with Crippen LogP contribution in [-0.4, -0.2) is 61.5 Å². The first-order valence-electron chi connectivity index (χ1n) is 7.64. The number of carbonyl (C=O) groups excluding carboxylic acids is 1. The molecule has 5 nitrogen and oxygen atoms in total. The average molecular weight is 290 g/mol. The van der Waals surface area contributed by atoms with E-state index >= 15 is 0 Å². The van der Waals surface area contributed by atoms with E-state index in [1.54, 1.807) is 7.05 Å². The van der Waals surface area contributed by atoms with E-state index < -0.39 is 0 Å². The fourth-order valence-corrected chi connectivity index (χ4v) is 2.81. The lowest BCUT2D eigenvalue weighted by Crippen LogP contribution is -2.53. The third-order valence-electron chi connectivity index (χ3n) is 4.14. The molecule has 2 rings (SSSR count). The molecule has 116 valence electrons. The minimum absolute atomic E-state index is 0.0668. The van der Waals surface area contributed by atoms with Crippen LogP contribution in [0, 0.1) is 0 Å². The molecule has 1 aliphatic rings. The van der Waals surface area contributed by atoms with Gasteiger partial charge in [-0.25, -0.2) is 0 Å². The van der Waals surface area contributed by atoms with Crippen LogP contribution in [0.4, 0.5) is 0 Å². The maximum absolute atomic E-state index is 11.5. The van der Waals surface area contributed by atoms with E-state index in [1.165, 1.54) is 5.56 Å². The van der Waals surface area contributed by atoms with E-state index in [0.29, 0.717) is 13.0 Å². The fourth-order valence-electron chi connectivity index (χ4n) is 2.81. The van der Waals surface area contributed by atoms with Crippen LogP contribution in [0.1, 0.15) is 12.0 Å². The second-order valence-corrected chi connectivity index (χ2v) is 5.56. The van der Waals surface area contributed by atoms with Crippen molar-refractivity contribution in [2.45, 2.75) is 19.0 Å². The summed E-state index contributed by atoms with van der Waals surface area (Å²) in [6.45, 7) is 5.54. The Labute approximate surface area is 127 Å². The topological polar surface area (TPSA) is 61.6 Å². The predicted octanol–water partition coefficient (Wildman–Crippen LogP) is 0.268. The van der Waals surface area contributed by atoms with E-state index in [2.05, 4.69) is 39.4 Å². The van der Waals surface area contributed by atoms with E-state index in [0.717, 1.165) is 32.7 Å². The van der Waals surface area contributed by atoms with Crippen molar-refractivity contribution in [2.75, 3.05) is 39.8 Å². The first kappa shape index (κ1) is 15.9. The number of hydrogen-bond acceptors (Lipinski definition) is 4. The summed E-state index contributed by atoms with van der Waals surface area (Å²) < 4.78 is 0. The molecular formula is C16H26N4O. The summed E-state index contributed by atoms with van der Waals surface area (Å²) in [4.78, 5) is 16.3. The molecule has 1 aliphatic heterocycles. The molecule has 1 atom stereocenters. The van der Waals surface area contributed by atoms with Crippen molar-refractivity contribution in [3.63, 3.8) is 0 Å². The van der Waals surface area contributed by atoms with Crippen LogP contribution in [0.15, 0.2) is 30.3 Å². The molecule has 21 heavy (non-hydrogen) atoms. The Bertz CT molecular complexity index is 429. The lowest BCUT2D eigenvalue weighted by molar-refractivity contribution is -0.122. The quantitative estimate of drug-likeness (QED) is 0.789. The van der Waals surface area contributed by atoms with Crippen LogP contribution in [0.3, 0.4) is 0 Å². The lowest BCUT2D eigenvalue weighted by atomic mass is 10.1. The zero-order valence-corrected chi connectivity index (χ0v) is 12.8. The lowest BCUT2D eigenvalue weighted by Gasteiger charge is -2.38. The van der Waals surface area contributed by atoms with Gasteiger partial charge in [0.15, 0.2) is 0 Å². The summed E-state index contributed by atoms with van der Waals surface area (Å²) in [5.41, 5.74) is 7.18. The maximum Gasteiger partial charge on any atom is 0.221 e. The second kappa shape index (κ2) is 8.12. The predicted molar refractivity (Wildman–Crippen MR) is 84.8 cm³/mol. The summed E-state index contributed by atoms with van der Waals surface area (Å²) in [7, 11) is 1.67. The molecule has 1 unspecified atom stereocenters. The standard InChI is InChI=1S/C16H26N4O/c1-18-16(21)11-15(12-17)20-9-7-19(8-10-20)13-14-5-3-2-4-6-14/h2-6,15H,7-13,17H2,1H3,(H,18,21). The Morgan fingerprint density at radius 1 is 1.24 bits per heavy atom. The van der Waals surface area contributed by atoms with Crippen LogP contribution in [0.2, 0.25) is 0 Å². The fraction of sp³-hybridized carbons (Fsp3) is 0.562. The van der Waals surface area contributed by atoms with Crippen molar-refractivity contribution in [3.8, 4) is 0 Å². The highest BCUT2D eigenvalue weighted by molar-refractivity contribution is 5.76. The van der Waals surface area contributed by atoms with Gasteiger partial charge in [0.2, 0.25) is 5.91 Å². The van der Waals surface area contributed by atoms with Gasteiger partial charge < -0.3 is 11.1 Å². The number of carbonyl (C=O) groups is 1. The van der Waals surface area contributed by atoms with Gasteiger partial charge in [0.1, 0.15) is 0 Å². The molecule has 1 fully saturated rings. The van der Waals surface area contributed by atoms with E-state index in [4.69, 9.17) is 5.73 Å². The monoisotopic (exact) mass is 290 g/mol. The molecule has 0 aromatic heterocycles. The molecular weight excluding hydrogens is 264 g/mol. The van der Waals surface area contributed by atoms with Crippen molar-refractivity contribution in [1.82, 2.24) is 15.1 Å². The highest BCUT2D eigenvalue weighted by atomic mass is 16.1. The number of piperazine rings is 1. The Morgan fingerprint density at radius 2 is 1.90 bits per heavy atom. The molecule has 0 aliphatic carbocycles. The Kier molecular flexibility index (Phi) is 6.17. The summed E-state index contributed by atoms with van der Waals surface area (Å²) in [6, 6.07) is 10.7. The van der Waals surface area contributed by atoms with Crippen molar-refractivity contribution in [1.29, 1.82) is 0 Å². The van der Waals surface area contributed by atoms with Crippen LogP contribution in [0.5, 0.6) is 0 Å². The van der Waals surface area contributed by atoms with Gasteiger partial charge in [-0.2, -0.15) is 0 Å². The number of nitrogens with one attached hydrogen (secondary N) is 1. The largest absolute Gasteiger partial charge is 0.359 e. The highest BCUT2D eigenvalue weighted by Gasteiger charge is 2.24. The molecule has 1 saturated heterocycles. The number of nitrogens with two attached hydrogens (primary N) is 1. The zero-order valence-electron chi connectivity index (χ0n) is 12.8. The number of rotatable bonds is 6. The van der Waals surface area contributed by atoms with Crippen molar-refractivity contribution in [2.24, 2.45) is 5.73 Å². The minimum Gasteiger partial charge on any atom is -0.359 e. The first-order valence-corrected chi connectivity index (χ1v) is 7.64. The number of nitrogens with zero attached hydrogens (tertiary/aromatic N) is 2. The van der Waals surface area contributed by atoms with E-state index in [1.807, 2.05) is 6.07 Å². The summed E-state index contributed by atoms with van der Waals surface area (Å²) in [5, 5.41) is 2.68. The number of hydrogen-bond donors (Lipinski definition) is 2. The zero-order chi connectivity index (χ0) is 15.1. The molecule has 0 radical (unpaired) electrons. The SMILES string of the molecule is CNC(=O)CC(CN)N1CCN(Cc2ccccc2)CC1. The van der Waals surface area contributed by atoms with Gasteiger partial charge in [-0.3, -0.25) is 14.6 Å². The Balaban J connectivity index is 1.80.